The van der Waals surface area contributed by atoms with E-state index in [-0.39, 0.29) is 5.91 Å². The highest BCUT2D eigenvalue weighted by Crippen LogP contribution is 2.30. The smallest absolute Gasteiger partial charge is 0.295 e. The van der Waals surface area contributed by atoms with Crippen LogP contribution in [0.3, 0.4) is 0 Å². The summed E-state index contributed by atoms with van der Waals surface area (Å²) >= 11 is 7.75. The number of hydrogen-bond acceptors (Lipinski definition) is 4. The molecule has 0 aliphatic carbocycles. The van der Waals surface area contributed by atoms with Gasteiger partial charge in [0.25, 0.3) is 5.91 Å². The van der Waals surface area contributed by atoms with Gasteiger partial charge >= 0.3 is 0 Å². The van der Waals surface area contributed by atoms with Crippen LogP contribution in [0, 0.1) is 0 Å². The van der Waals surface area contributed by atoms with Crippen LogP contribution in [-0.4, -0.2) is 17.4 Å². The summed E-state index contributed by atoms with van der Waals surface area (Å²) in [5, 5.41) is 1.35. The molecule has 0 spiro atoms. The molecule has 4 rings (SSSR count). The Bertz CT molecular complexity index is 1010. The van der Waals surface area contributed by atoms with Crippen molar-refractivity contribution in [3.63, 3.8) is 0 Å². The summed E-state index contributed by atoms with van der Waals surface area (Å²) in [7, 11) is 0. The fourth-order valence-corrected chi connectivity index (χ4v) is 3.95. The summed E-state index contributed by atoms with van der Waals surface area (Å²) in [5.41, 5.74) is 1.87. The second-order valence-corrected chi connectivity index (χ2v) is 7.16. The highest BCUT2D eigenvalue weighted by atomic mass is 35.5. The molecule has 2 heterocycles. The molecule has 6 heteroatoms. The van der Waals surface area contributed by atoms with Crippen molar-refractivity contribution in [2.75, 3.05) is 11.4 Å². The minimum Gasteiger partial charge on any atom is -0.459 e. The Hall–Kier alpha value is -2.63. The van der Waals surface area contributed by atoms with Crippen LogP contribution in [-0.2, 0) is 6.42 Å². The zero-order valence-corrected chi connectivity index (χ0v) is 15.3. The van der Waals surface area contributed by atoms with E-state index in [0.29, 0.717) is 28.9 Å². The fraction of sp³-hybridized carbons (Fsp3) is 0.100. The summed E-state index contributed by atoms with van der Waals surface area (Å²) in [6.07, 6.45) is 2.12. The minimum atomic E-state index is -0.207. The lowest BCUT2D eigenvalue weighted by atomic mass is 10.1. The van der Waals surface area contributed by atoms with Gasteiger partial charge < -0.3 is 4.42 Å². The molecular weight excluding hydrogens is 368 g/mol. The Morgan fingerprint density at radius 3 is 2.65 bits per heavy atom. The quantitative estimate of drug-likeness (QED) is 0.462. The molecule has 0 aliphatic heterocycles. The second-order valence-electron chi connectivity index (χ2n) is 5.74. The molecule has 0 atom stereocenters. The van der Waals surface area contributed by atoms with E-state index in [1.807, 2.05) is 48.5 Å². The maximum Gasteiger partial charge on any atom is 0.295 e. The molecule has 0 fully saturated rings. The molecule has 1 amide bonds. The number of anilines is 1. The third-order valence-corrected chi connectivity index (χ3v) is 5.48. The maximum atomic E-state index is 13.0. The number of hydrogen-bond donors (Lipinski definition) is 0. The van der Waals surface area contributed by atoms with Gasteiger partial charge in [-0.1, -0.05) is 53.3 Å². The van der Waals surface area contributed by atoms with Crippen LogP contribution < -0.4 is 4.90 Å². The van der Waals surface area contributed by atoms with Gasteiger partial charge in [-0.2, -0.15) is 0 Å². The summed E-state index contributed by atoms with van der Waals surface area (Å²) in [5.74, 6) is 0.0875. The van der Waals surface area contributed by atoms with Gasteiger partial charge in [-0.3, -0.25) is 9.69 Å². The molecule has 0 N–H and O–H groups in total. The molecule has 0 radical (unpaired) electrons. The van der Waals surface area contributed by atoms with E-state index in [1.54, 1.807) is 17.0 Å². The van der Waals surface area contributed by atoms with Crippen molar-refractivity contribution in [3.05, 3.63) is 83.3 Å². The number of carbonyl (C=O) groups excluding carboxylic acids is 1. The van der Waals surface area contributed by atoms with E-state index >= 15 is 0 Å². The van der Waals surface area contributed by atoms with Crippen molar-refractivity contribution in [2.45, 2.75) is 6.42 Å². The standard InChI is InChI=1S/C20H15ClN2O2S/c21-15-7-2-1-6-14(15)11-12-23(19(24)17-9-5-13-25-17)20-22-16-8-3-4-10-18(16)26-20/h1-10,13H,11-12H2. The highest BCUT2D eigenvalue weighted by molar-refractivity contribution is 7.22. The fourth-order valence-electron chi connectivity index (χ4n) is 2.73. The number of benzene rings is 2. The number of amides is 1. The molecular formula is C20H15ClN2O2S. The zero-order valence-electron chi connectivity index (χ0n) is 13.8. The van der Waals surface area contributed by atoms with Gasteiger partial charge in [0.2, 0.25) is 0 Å². The topological polar surface area (TPSA) is 46.3 Å². The van der Waals surface area contributed by atoms with Crippen molar-refractivity contribution in [1.29, 1.82) is 0 Å². The number of aromatic nitrogens is 1. The third-order valence-electron chi connectivity index (χ3n) is 4.05. The van der Waals surface area contributed by atoms with Crippen molar-refractivity contribution >= 4 is 44.2 Å². The van der Waals surface area contributed by atoms with Gasteiger partial charge in [0.15, 0.2) is 10.9 Å². The van der Waals surface area contributed by atoms with Crippen LogP contribution in [0.2, 0.25) is 5.02 Å². The molecule has 2 aromatic carbocycles. The summed E-state index contributed by atoms with van der Waals surface area (Å²) in [6.45, 7) is 0.461. The number of para-hydroxylation sites is 1. The first-order chi connectivity index (χ1) is 12.7. The van der Waals surface area contributed by atoms with Gasteiger partial charge in [-0.05, 0) is 42.3 Å². The van der Waals surface area contributed by atoms with Crippen LogP contribution in [0.5, 0.6) is 0 Å². The van der Waals surface area contributed by atoms with Gasteiger partial charge in [-0.15, -0.1) is 0 Å². The molecule has 2 aromatic heterocycles. The van der Waals surface area contributed by atoms with Crippen molar-refractivity contribution in [1.82, 2.24) is 4.98 Å². The van der Waals surface area contributed by atoms with Crippen molar-refractivity contribution in [2.24, 2.45) is 0 Å². The maximum absolute atomic E-state index is 13.0. The molecule has 0 bridgehead atoms. The summed E-state index contributed by atoms with van der Waals surface area (Å²) in [6, 6.07) is 18.9. The Labute approximate surface area is 159 Å². The number of furan rings is 1. The van der Waals surface area contributed by atoms with E-state index < -0.39 is 0 Å². The average Bonchev–Trinajstić information content (AvgIpc) is 3.32. The van der Waals surface area contributed by atoms with Crippen LogP contribution in [0.4, 0.5) is 5.13 Å². The average molecular weight is 383 g/mol. The predicted molar refractivity (Wildman–Crippen MR) is 105 cm³/mol. The van der Waals surface area contributed by atoms with Gasteiger partial charge in [-0.25, -0.2) is 4.98 Å². The molecule has 26 heavy (non-hydrogen) atoms. The molecule has 0 saturated carbocycles. The Morgan fingerprint density at radius 2 is 1.88 bits per heavy atom. The van der Waals surface area contributed by atoms with Crippen molar-refractivity contribution < 1.29 is 9.21 Å². The van der Waals surface area contributed by atoms with Crippen LogP contribution >= 0.6 is 22.9 Å². The molecule has 4 aromatic rings. The number of nitrogens with zero attached hydrogens (tertiary/aromatic N) is 2. The van der Waals surface area contributed by atoms with Crippen LogP contribution in [0.25, 0.3) is 10.2 Å². The van der Waals surface area contributed by atoms with Gasteiger partial charge in [0.1, 0.15) is 0 Å². The number of halogens is 1. The first-order valence-corrected chi connectivity index (χ1v) is 9.36. The first-order valence-electron chi connectivity index (χ1n) is 8.17. The molecule has 0 aliphatic rings. The van der Waals surface area contributed by atoms with E-state index in [2.05, 4.69) is 4.98 Å². The first kappa shape index (κ1) is 16.8. The number of thiazole rings is 1. The van der Waals surface area contributed by atoms with E-state index in [0.717, 1.165) is 15.8 Å². The lowest BCUT2D eigenvalue weighted by Gasteiger charge is -2.19. The molecule has 4 nitrogen and oxygen atoms in total. The van der Waals surface area contributed by atoms with E-state index in [4.69, 9.17) is 16.0 Å². The number of carbonyl (C=O) groups is 1. The highest BCUT2D eigenvalue weighted by Gasteiger charge is 2.23. The van der Waals surface area contributed by atoms with Crippen LogP contribution in [0.15, 0.2) is 71.3 Å². The normalized spacial score (nSPS) is 11.0. The van der Waals surface area contributed by atoms with Crippen molar-refractivity contribution in [3.8, 4) is 0 Å². The Morgan fingerprint density at radius 1 is 1.08 bits per heavy atom. The number of rotatable bonds is 5. The second kappa shape index (κ2) is 7.32. The zero-order chi connectivity index (χ0) is 17.9. The monoisotopic (exact) mass is 382 g/mol. The minimum absolute atomic E-state index is 0.207. The lowest BCUT2D eigenvalue weighted by molar-refractivity contribution is 0.0960. The van der Waals surface area contributed by atoms with E-state index in [1.165, 1.54) is 17.6 Å². The Kier molecular flexibility index (Phi) is 4.73. The number of fused-ring (bicyclic) bond motifs is 1. The molecule has 0 saturated heterocycles. The molecule has 0 unspecified atom stereocenters. The van der Waals surface area contributed by atoms with Gasteiger partial charge in [0, 0.05) is 11.6 Å². The summed E-state index contributed by atoms with van der Waals surface area (Å²) in [4.78, 5) is 19.2. The summed E-state index contributed by atoms with van der Waals surface area (Å²) < 4.78 is 6.35. The third kappa shape index (κ3) is 3.36. The SMILES string of the molecule is O=C(c1ccco1)N(CCc1ccccc1Cl)c1nc2ccccc2s1. The largest absolute Gasteiger partial charge is 0.459 e. The van der Waals surface area contributed by atoms with Crippen LogP contribution in [0.1, 0.15) is 16.1 Å². The molecule has 130 valence electrons. The Balaban J connectivity index is 1.67. The van der Waals surface area contributed by atoms with Gasteiger partial charge in [0.05, 0.1) is 16.5 Å². The van der Waals surface area contributed by atoms with E-state index in [9.17, 15) is 4.79 Å². The lowest BCUT2D eigenvalue weighted by Crippen LogP contribution is -2.32. The predicted octanol–water partition coefficient (Wildman–Crippen LogP) is 5.43.